The van der Waals surface area contributed by atoms with Crippen LogP contribution in [0.4, 0.5) is 4.39 Å². The largest absolute Gasteiger partial charge is 0.455 e. The first-order valence-electron chi connectivity index (χ1n) is 10.3. The highest BCUT2D eigenvalue weighted by Crippen LogP contribution is 2.26. The van der Waals surface area contributed by atoms with Gasteiger partial charge in [0, 0.05) is 24.5 Å². The molecule has 0 amide bonds. The average molecular weight is 439 g/mol. The van der Waals surface area contributed by atoms with Crippen molar-refractivity contribution in [3.8, 4) is 17.2 Å². The number of ether oxygens (including phenoxy) is 1. The molecule has 0 aliphatic rings. The van der Waals surface area contributed by atoms with Crippen LogP contribution in [0.15, 0.2) is 102 Å². The van der Waals surface area contributed by atoms with E-state index in [4.69, 9.17) is 4.74 Å². The number of aromatic nitrogens is 3. The SMILES string of the molecule is O=C(Cc1ccc(Oc2cccn3nccc23)cc1)c1cccn(-c2ccc(F)cc2)c1=O. The zero-order valence-corrected chi connectivity index (χ0v) is 17.4. The van der Waals surface area contributed by atoms with Crippen LogP contribution in [0, 0.1) is 5.82 Å². The number of hydrogen-bond donors (Lipinski definition) is 0. The third-order valence-corrected chi connectivity index (χ3v) is 5.27. The topological polar surface area (TPSA) is 65.6 Å². The lowest BCUT2D eigenvalue weighted by Gasteiger charge is -2.09. The van der Waals surface area contributed by atoms with E-state index in [1.54, 1.807) is 47.2 Å². The van der Waals surface area contributed by atoms with E-state index in [0.717, 1.165) is 11.1 Å². The molecule has 0 aliphatic heterocycles. The molecule has 0 radical (unpaired) electrons. The summed E-state index contributed by atoms with van der Waals surface area (Å²) in [6, 6.07) is 21.4. The van der Waals surface area contributed by atoms with Gasteiger partial charge in [-0.15, -0.1) is 0 Å². The molecule has 0 unspecified atom stereocenters. The van der Waals surface area contributed by atoms with Gasteiger partial charge in [-0.25, -0.2) is 8.91 Å². The van der Waals surface area contributed by atoms with Gasteiger partial charge >= 0.3 is 0 Å². The summed E-state index contributed by atoms with van der Waals surface area (Å²) in [5.41, 5.74) is 1.73. The Morgan fingerprint density at radius 3 is 2.45 bits per heavy atom. The van der Waals surface area contributed by atoms with Crippen molar-refractivity contribution in [2.75, 3.05) is 0 Å². The van der Waals surface area contributed by atoms with Crippen LogP contribution in [0.1, 0.15) is 15.9 Å². The number of nitrogens with zero attached hydrogens (tertiary/aromatic N) is 3. The molecule has 5 aromatic rings. The Labute approximate surface area is 188 Å². The van der Waals surface area contributed by atoms with Gasteiger partial charge in [0.2, 0.25) is 0 Å². The number of benzene rings is 2. The van der Waals surface area contributed by atoms with E-state index in [0.29, 0.717) is 17.2 Å². The standard InChI is InChI=1S/C26H18FN3O3/c27-19-7-9-20(10-8-19)29-15-1-3-22(26(29)32)24(31)17-18-5-11-21(12-6-18)33-25-4-2-16-30-23(25)13-14-28-30/h1-16H,17H2. The predicted octanol–water partition coefficient (Wildman–Crippen LogP) is 4.84. The van der Waals surface area contributed by atoms with Gasteiger partial charge in [-0.3, -0.25) is 14.2 Å². The summed E-state index contributed by atoms with van der Waals surface area (Å²) in [6.07, 6.45) is 5.16. The summed E-state index contributed by atoms with van der Waals surface area (Å²) in [5, 5.41) is 4.19. The molecule has 0 saturated carbocycles. The smallest absolute Gasteiger partial charge is 0.265 e. The Morgan fingerprint density at radius 2 is 1.67 bits per heavy atom. The number of halogens is 1. The molecule has 0 saturated heterocycles. The van der Waals surface area contributed by atoms with Crippen LogP contribution in [-0.2, 0) is 6.42 Å². The number of carbonyl (C=O) groups excluding carboxylic acids is 1. The van der Waals surface area contributed by atoms with Crippen LogP contribution < -0.4 is 10.3 Å². The second kappa shape index (κ2) is 8.55. The summed E-state index contributed by atoms with van der Waals surface area (Å²) in [4.78, 5) is 25.7. The number of ketones is 1. The highest BCUT2D eigenvalue weighted by molar-refractivity contribution is 5.97. The maximum atomic E-state index is 13.2. The van der Waals surface area contributed by atoms with Crippen LogP contribution in [0.5, 0.6) is 11.5 Å². The van der Waals surface area contributed by atoms with E-state index in [-0.39, 0.29) is 17.8 Å². The zero-order valence-electron chi connectivity index (χ0n) is 17.4. The van der Waals surface area contributed by atoms with E-state index in [2.05, 4.69) is 5.10 Å². The maximum Gasteiger partial charge on any atom is 0.265 e. The van der Waals surface area contributed by atoms with Crippen molar-refractivity contribution < 1.29 is 13.9 Å². The Bertz CT molecular complexity index is 1500. The maximum absolute atomic E-state index is 13.2. The summed E-state index contributed by atoms with van der Waals surface area (Å²) in [7, 11) is 0. The molecule has 2 aromatic carbocycles. The van der Waals surface area contributed by atoms with E-state index in [9.17, 15) is 14.0 Å². The number of pyridine rings is 2. The number of fused-ring (bicyclic) bond motifs is 1. The lowest BCUT2D eigenvalue weighted by atomic mass is 10.0. The molecular formula is C26H18FN3O3. The molecule has 0 aliphatic carbocycles. The Kier molecular flexibility index (Phi) is 5.28. The Balaban J connectivity index is 1.33. The highest BCUT2D eigenvalue weighted by Gasteiger charge is 2.14. The fourth-order valence-corrected chi connectivity index (χ4v) is 3.61. The summed E-state index contributed by atoms with van der Waals surface area (Å²) >= 11 is 0. The minimum absolute atomic E-state index is 0.0706. The van der Waals surface area contributed by atoms with Gasteiger partial charge in [0.05, 0.1) is 11.8 Å². The van der Waals surface area contributed by atoms with Crippen molar-refractivity contribution in [1.82, 2.24) is 14.2 Å². The predicted molar refractivity (Wildman–Crippen MR) is 122 cm³/mol. The summed E-state index contributed by atoms with van der Waals surface area (Å²) in [6.45, 7) is 0. The normalized spacial score (nSPS) is 10.9. The molecule has 0 spiro atoms. The van der Waals surface area contributed by atoms with Gasteiger partial charge < -0.3 is 4.74 Å². The molecule has 5 rings (SSSR count). The minimum atomic E-state index is -0.442. The number of Topliss-reactive ketones (excluding diaryl/α,β-unsaturated/α-hetero) is 1. The highest BCUT2D eigenvalue weighted by atomic mass is 19.1. The second-order valence-corrected chi connectivity index (χ2v) is 7.45. The monoisotopic (exact) mass is 439 g/mol. The van der Waals surface area contributed by atoms with Gasteiger partial charge in [0.1, 0.15) is 17.1 Å². The summed E-state index contributed by atoms with van der Waals surface area (Å²) in [5.74, 6) is 0.603. The van der Waals surface area contributed by atoms with Crippen molar-refractivity contribution in [2.24, 2.45) is 0 Å². The van der Waals surface area contributed by atoms with Crippen LogP contribution >= 0.6 is 0 Å². The second-order valence-electron chi connectivity index (χ2n) is 7.45. The van der Waals surface area contributed by atoms with Gasteiger partial charge in [-0.05, 0) is 72.3 Å². The molecule has 7 heteroatoms. The molecule has 33 heavy (non-hydrogen) atoms. The van der Waals surface area contributed by atoms with Gasteiger partial charge in [0.15, 0.2) is 11.5 Å². The first kappa shape index (κ1) is 20.4. The number of carbonyl (C=O) groups is 1. The molecule has 0 atom stereocenters. The van der Waals surface area contributed by atoms with Crippen molar-refractivity contribution in [3.63, 3.8) is 0 Å². The van der Waals surface area contributed by atoms with Crippen LogP contribution in [0.25, 0.3) is 11.2 Å². The number of hydrogen-bond acceptors (Lipinski definition) is 4. The molecule has 0 bridgehead atoms. The lowest BCUT2D eigenvalue weighted by molar-refractivity contribution is 0.0991. The van der Waals surface area contributed by atoms with Crippen molar-refractivity contribution >= 4 is 11.3 Å². The molecule has 3 aromatic heterocycles. The number of rotatable bonds is 6. The zero-order chi connectivity index (χ0) is 22.8. The molecule has 6 nitrogen and oxygen atoms in total. The van der Waals surface area contributed by atoms with Crippen molar-refractivity contribution in [1.29, 1.82) is 0 Å². The van der Waals surface area contributed by atoms with Crippen LogP contribution in [0.2, 0.25) is 0 Å². The lowest BCUT2D eigenvalue weighted by Crippen LogP contribution is -2.25. The van der Waals surface area contributed by atoms with Crippen molar-refractivity contribution in [2.45, 2.75) is 6.42 Å². The fourth-order valence-electron chi connectivity index (χ4n) is 3.61. The minimum Gasteiger partial charge on any atom is -0.455 e. The fraction of sp³-hybridized carbons (Fsp3) is 0.0385. The van der Waals surface area contributed by atoms with E-state index >= 15 is 0 Å². The van der Waals surface area contributed by atoms with Crippen LogP contribution in [0.3, 0.4) is 0 Å². The molecule has 162 valence electrons. The molecule has 0 fully saturated rings. The molecule has 3 heterocycles. The van der Waals surface area contributed by atoms with E-state index in [1.807, 2.05) is 24.4 Å². The first-order chi connectivity index (χ1) is 16.1. The van der Waals surface area contributed by atoms with Gasteiger partial charge in [0.25, 0.3) is 5.56 Å². The van der Waals surface area contributed by atoms with E-state index < -0.39 is 11.4 Å². The van der Waals surface area contributed by atoms with Crippen molar-refractivity contribution in [3.05, 3.63) is 125 Å². The average Bonchev–Trinajstić information content (AvgIpc) is 3.31. The van der Waals surface area contributed by atoms with E-state index in [1.165, 1.54) is 34.9 Å². The van der Waals surface area contributed by atoms with Crippen LogP contribution in [-0.4, -0.2) is 20.0 Å². The van der Waals surface area contributed by atoms with Gasteiger partial charge in [-0.2, -0.15) is 5.10 Å². The summed E-state index contributed by atoms with van der Waals surface area (Å²) < 4.78 is 22.2. The third-order valence-electron chi connectivity index (χ3n) is 5.27. The Hall–Kier alpha value is -4.52. The molecule has 0 N–H and O–H groups in total. The first-order valence-corrected chi connectivity index (χ1v) is 10.3. The quantitative estimate of drug-likeness (QED) is 0.355. The Morgan fingerprint density at radius 1 is 0.909 bits per heavy atom. The van der Waals surface area contributed by atoms with Gasteiger partial charge in [-0.1, -0.05) is 12.1 Å². The third kappa shape index (κ3) is 4.16. The molecular weight excluding hydrogens is 421 g/mol.